The second-order valence-electron chi connectivity index (χ2n) is 12.2. The summed E-state index contributed by atoms with van der Waals surface area (Å²) in [6, 6.07) is 12.1. The molecule has 0 spiro atoms. The Morgan fingerprint density at radius 1 is 1.09 bits per heavy atom. The van der Waals surface area contributed by atoms with Crippen molar-refractivity contribution in [1.29, 1.82) is 0 Å². The largest absolute Gasteiger partial charge is 0.496 e. The molecule has 1 aliphatic rings. The zero-order valence-electron chi connectivity index (χ0n) is 25.8. The SMILES string of the molecule is COc1ccc(C)cc1-c1nn(CC(C)C)cc1C(=O)N1CCCC(O)(c2cn([C@@H](C)c3ccc(Br)c(C)c3)nn2)CC1. The highest BCUT2D eigenvalue weighted by atomic mass is 79.9. The monoisotopic (exact) mass is 648 g/mol. The normalized spacial score (nSPS) is 18.1. The molecule has 9 nitrogen and oxygen atoms in total. The maximum atomic E-state index is 14.1. The number of nitrogens with zero attached hydrogens (tertiary/aromatic N) is 6. The van der Waals surface area contributed by atoms with Gasteiger partial charge >= 0.3 is 0 Å². The Morgan fingerprint density at radius 3 is 2.60 bits per heavy atom. The van der Waals surface area contributed by atoms with Gasteiger partial charge in [0.05, 0.1) is 24.9 Å². The molecule has 2 aromatic heterocycles. The van der Waals surface area contributed by atoms with E-state index in [4.69, 9.17) is 9.84 Å². The van der Waals surface area contributed by atoms with E-state index in [2.05, 4.69) is 66.1 Å². The number of aromatic nitrogens is 5. The summed E-state index contributed by atoms with van der Waals surface area (Å²) in [5.74, 6) is 0.947. The quantitative estimate of drug-likeness (QED) is 0.240. The summed E-state index contributed by atoms with van der Waals surface area (Å²) in [6.45, 7) is 12.0. The summed E-state index contributed by atoms with van der Waals surface area (Å²) >= 11 is 3.56. The summed E-state index contributed by atoms with van der Waals surface area (Å²) in [6.07, 6.45) is 5.20. The lowest BCUT2D eigenvalue weighted by molar-refractivity contribution is 0.0169. The van der Waals surface area contributed by atoms with Crippen molar-refractivity contribution >= 4 is 21.8 Å². The highest BCUT2D eigenvalue weighted by Gasteiger charge is 2.37. The lowest BCUT2D eigenvalue weighted by atomic mass is 9.92. The van der Waals surface area contributed by atoms with E-state index in [-0.39, 0.29) is 11.9 Å². The number of carbonyl (C=O) groups excluding carboxylic acids is 1. The fourth-order valence-electron chi connectivity index (χ4n) is 5.76. The molecule has 1 N–H and O–H groups in total. The van der Waals surface area contributed by atoms with Crippen LogP contribution < -0.4 is 4.74 Å². The van der Waals surface area contributed by atoms with Crippen LogP contribution in [0.3, 0.4) is 0 Å². The van der Waals surface area contributed by atoms with Crippen LogP contribution in [0.5, 0.6) is 5.75 Å². The molecule has 0 radical (unpaired) electrons. The fourth-order valence-corrected chi connectivity index (χ4v) is 6.01. The van der Waals surface area contributed by atoms with Gasteiger partial charge in [-0.05, 0) is 75.3 Å². The van der Waals surface area contributed by atoms with Gasteiger partial charge in [0.15, 0.2) is 0 Å². The van der Waals surface area contributed by atoms with Crippen molar-refractivity contribution in [2.45, 2.75) is 72.1 Å². The van der Waals surface area contributed by atoms with Crippen LogP contribution in [-0.2, 0) is 12.1 Å². The van der Waals surface area contributed by atoms with E-state index in [1.807, 2.05) is 53.2 Å². The molecule has 1 saturated heterocycles. The van der Waals surface area contributed by atoms with Crippen LogP contribution in [0.15, 0.2) is 53.3 Å². The first-order valence-corrected chi connectivity index (χ1v) is 15.7. The number of methoxy groups -OCH3 is 1. The minimum Gasteiger partial charge on any atom is -0.496 e. The topological polar surface area (TPSA) is 98.3 Å². The Kier molecular flexibility index (Phi) is 9.08. The van der Waals surface area contributed by atoms with Crippen molar-refractivity contribution < 1.29 is 14.6 Å². The molecule has 0 saturated carbocycles. The van der Waals surface area contributed by atoms with Gasteiger partial charge in [-0.15, -0.1) is 5.10 Å². The first-order valence-electron chi connectivity index (χ1n) is 14.9. The lowest BCUT2D eigenvalue weighted by Gasteiger charge is -2.25. The molecule has 0 aliphatic carbocycles. The molecular weight excluding hydrogens is 608 g/mol. The molecule has 10 heteroatoms. The van der Waals surface area contributed by atoms with Crippen molar-refractivity contribution in [3.8, 4) is 17.0 Å². The van der Waals surface area contributed by atoms with E-state index < -0.39 is 5.60 Å². The number of aliphatic hydroxyl groups is 1. The van der Waals surface area contributed by atoms with Crippen LogP contribution >= 0.6 is 15.9 Å². The Morgan fingerprint density at radius 2 is 1.88 bits per heavy atom. The highest BCUT2D eigenvalue weighted by molar-refractivity contribution is 9.10. The van der Waals surface area contributed by atoms with Crippen LogP contribution in [-0.4, -0.2) is 60.9 Å². The third-order valence-electron chi connectivity index (χ3n) is 8.30. The van der Waals surface area contributed by atoms with Crippen molar-refractivity contribution in [2.75, 3.05) is 20.2 Å². The first kappa shape index (κ1) is 30.9. The van der Waals surface area contributed by atoms with Gasteiger partial charge in [0, 0.05) is 35.9 Å². The number of halogens is 1. The summed E-state index contributed by atoms with van der Waals surface area (Å²) < 4.78 is 10.4. The number of hydrogen-bond donors (Lipinski definition) is 1. The van der Waals surface area contributed by atoms with E-state index in [1.54, 1.807) is 11.8 Å². The summed E-state index contributed by atoms with van der Waals surface area (Å²) in [5, 5.41) is 25.4. The predicted molar refractivity (Wildman–Crippen MR) is 170 cm³/mol. The average molecular weight is 650 g/mol. The summed E-state index contributed by atoms with van der Waals surface area (Å²) in [4.78, 5) is 15.9. The van der Waals surface area contributed by atoms with E-state index in [0.717, 1.165) is 26.7 Å². The zero-order chi connectivity index (χ0) is 30.9. The molecule has 4 aromatic rings. The fraction of sp³-hybridized carbons (Fsp3) is 0.455. The van der Waals surface area contributed by atoms with Gasteiger partial charge in [-0.2, -0.15) is 5.10 Å². The molecule has 5 rings (SSSR count). The smallest absolute Gasteiger partial charge is 0.257 e. The van der Waals surface area contributed by atoms with Gasteiger partial charge in [0.1, 0.15) is 22.7 Å². The Hall–Kier alpha value is -3.50. The predicted octanol–water partition coefficient (Wildman–Crippen LogP) is 6.31. The standard InChI is InChI=1S/C33H41BrN6O3/c1-21(2)18-39-19-27(31(36-39)26-16-22(3)8-11-29(26)43-6)32(41)38-14-7-12-33(42,13-15-38)30-20-40(37-35-30)24(5)25-9-10-28(34)23(4)17-25/h8-11,16-17,19-21,24,42H,7,12-15,18H2,1-6H3/t24-,33?/m0/s1. The molecule has 1 amide bonds. The van der Waals surface area contributed by atoms with E-state index >= 15 is 0 Å². The summed E-state index contributed by atoms with van der Waals surface area (Å²) in [5.41, 5.74) is 4.64. The number of carbonyl (C=O) groups is 1. The zero-order valence-corrected chi connectivity index (χ0v) is 27.4. The van der Waals surface area contributed by atoms with Gasteiger partial charge in [-0.3, -0.25) is 9.48 Å². The van der Waals surface area contributed by atoms with E-state index in [0.29, 0.717) is 67.5 Å². The molecule has 228 valence electrons. The van der Waals surface area contributed by atoms with Gasteiger partial charge in [0.2, 0.25) is 0 Å². The Bertz CT molecular complexity index is 1610. The third kappa shape index (κ3) is 6.55. The molecule has 1 unspecified atom stereocenters. The number of ether oxygens (including phenoxy) is 1. The number of aryl methyl sites for hydroxylation is 2. The number of benzene rings is 2. The molecule has 2 atom stereocenters. The van der Waals surface area contributed by atoms with Crippen LogP contribution in [0.2, 0.25) is 0 Å². The van der Waals surface area contributed by atoms with Gasteiger partial charge in [0.25, 0.3) is 5.91 Å². The van der Waals surface area contributed by atoms with Crippen molar-refractivity contribution in [2.24, 2.45) is 5.92 Å². The lowest BCUT2D eigenvalue weighted by Crippen LogP contribution is -2.34. The number of amides is 1. The number of rotatable bonds is 8. The van der Waals surface area contributed by atoms with Crippen LogP contribution in [0.4, 0.5) is 0 Å². The Balaban J connectivity index is 1.38. The minimum absolute atomic E-state index is 0.0417. The molecule has 1 aliphatic heterocycles. The summed E-state index contributed by atoms with van der Waals surface area (Å²) in [7, 11) is 1.63. The maximum absolute atomic E-state index is 14.1. The number of hydrogen-bond acceptors (Lipinski definition) is 6. The Labute approximate surface area is 262 Å². The van der Waals surface area contributed by atoms with E-state index in [1.165, 1.54) is 0 Å². The maximum Gasteiger partial charge on any atom is 0.257 e. The van der Waals surface area contributed by atoms with Crippen molar-refractivity contribution in [1.82, 2.24) is 29.7 Å². The van der Waals surface area contributed by atoms with Crippen LogP contribution in [0, 0.1) is 19.8 Å². The highest BCUT2D eigenvalue weighted by Crippen LogP contribution is 2.36. The number of likely N-dealkylation sites (tertiary alicyclic amines) is 1. The minimum atomic E-state index is -1.17. The first-order chi connectivity index (χ1) is 20.5. The van der Waals surface area contributed by atoms with Gasteiger partial charge in [-0.25, -0.2) is 4.68 Å². The van der Waals surface area contributed by atoms with Crippen molar-refractivity contribution in [3.05, 3.63) is 81.2 Å². The van der Waals surface area contributed by atoms with Crippen molar-refractivity contribution in [3.63, 3.8) is 0 Å². The van der Waals surface area contributed by atoms with Crippen LogP contribution in [0.1, 0.15) is 78.8 Å². The van der Waals surface area contributed by atoms with Gasteiger partial charge in [-0.1, -0.05) is 58.8 Å². The second-order valence-corrected chi connectivity index (χ2v) is 13.0. The molecule has 1 fully saturated rings. The average Bonchev–Trinajstić information content (AvgIpc) is 3.59. The van der Waals surface area contributed by atoms with E-state index in [9.17, 15) is 9.90 Å². The third-order valence-corrected chi connectivity index (χ3v) is 9.19. The molecule has 43 heavy (non-hydrogen) atoms. The second kappa shape index (κ2) is 12.6. The molecular formula is C33H41BrN6O3. The van der Waals surface area contributed by atoms with Gasteiger partial charge < -0.3 is 14.7 Å². The van der Waals surface area contributed by atoms with Crippen LogP contribution in [0.25, 0.3) is 11.3 Å². The molecule has 2 aromatic carbocycles. The molecule has 3 heterocycles. The molecule has 0 bridgehead atoms.